The summed E-state index contributed by atoms with van der Waals surface area (Å²) < 4.78 is 0. The first-order valence-corrected chi connectivity index (χ1v) is 5.87. The highest BCUT2D eigenvalue weighted by Crippen LogP contribution is 2.10. The molecule has 0 bridgehead atoms. The van der Waals surface area contributed by atoms with Crippen LogP contribution < -0.4 is 16.0 Å². The zero-order valence-electron chi connectivity index (χ0n) is 10.4. The van der Waals surface area contributed by atoms with Crippen LogP contribution in [0.25, 0.3) is 0 Å². The second kappa shape index (κ2) is 6.85. The first-order chi connectivity index (χ1) is 8.21. The summed E-state index contributed by atoms with van der Waals surface area (Å²) in [6, 6.07) is 3.94. The van der Waals surface area contributed by atoms with Gasteiger partial charge in [-0.25, -0.2) is 4.98 Å². The Hall–Kier alpha value is -1.62. The minimum absolute atomic E-state index is 0.0188. The number of carbonyl (C=O) groups excluding carboxylic acids is 1. The van der Waals surface area contributed by atoms with Gasteiger partial charge in [0, 0.05) is 25.8 Å². The molecule has 0 fully saturated rings. The molecule has 0 saturated carbocycles. The summed E-state index contributed by atoms with van der Waals surface area (Å²) in [7, 11) is 0. The van der Waals surface area contributed by atoms with Crippen molar-refractivity contribution in [3.63, 3.8) is 0 Å². The minimum atomic E-state index is -0.155. The molecule has 17 heavy (non-hydrogen) atoms. The third-order valence-corrected chi connectivity index (χ3v) is 2.57. The van der Waals surface area contributed by atoms with Crippen molar-refractivity contribution in [1.82, 2.24) is 10.3 Å². The van der Waals surface area contributed by atoms with Crippen molar-refractivity contribution in [2.75, 3.05) is 24.5 Å². The minimum Gasteiger partial charge on any atom is -0.357 e. The molecule has 3 N–H and O–H groups in total. The van der Waals surface area contributed by atoms with Gasteiger partial charge in [-0.15, -0.1) is 0 Å². The normalized spacial score (nSPS) is 10.1. The van der Waals surface area contributed by atoms with Gasteiger partial charge in [-0.2, -0.15) is 0 Å². The number of nitrogens with two attached hydrogens (primary N) is 1. The van der Waals surface area contributed by atoms with Crippen LogP contribution >= 0.6 is 0 Å². The molecule has 0 aliphatic heterocycles. The van der Waals surface area contributed by atoms with E-state index in [2.05, 4.69) is 29.0 Å². The molecule has 1 heterocycles. The van der Waals surface area contributed by atoms with Crippen LogP contribution in [0.2, 0.25) is 0 Å². The van der Waals surface area contributed by atoms with E-state index in [0.29, 0.717) is 6.54 Å². The monoisotopic (exact) mass is 236 g/mol. The van der Waals surface area contributed by atoms with E-state index in [0.717, 1.165) is 24.5 Å². The maximum atomic E-state index is 11.0. The highest BCUT2D eigenvalue weighted by atomic mass is 16.1. The fourth-order valence-electron chi connectivity index (χ4n) is 1.53. The Morgan fingerprint density at radius 2 is 2.12 bits per heavy atom. The van der Waals surface area contributed by atoms with Gasteiger partial charge in [0.25, 0.3) is 0 Å². The van der Waals surface area contributed by atoms with Crippen LogP contribution in [0.5, 0.6) is 0 Å². The number of hydrogen-bond acceptors (Lipinski definition) is 4. The number of amides is 1. The van der Waals surface area contributed by atoms with Gasteiger partial charge in [0.1, 0.15) is 5.82 Å². The van der Waals surface area contributed by atoms with Crippen molar-refractivity contribution in [2.24, 2.45) is 5.73 Å². The number of aromatic nitrogens is 1. The lowest BCUT2D eigenvalue weighted by Gasteiger charge is -2.19. The summed E-state index contributed by atoms with van der Waals surface area (Å²) >= 11 is 0. The summed E-state index contributed by atoms with van der Waals surface area (Å²) in [6.45, 7) is 6.56. The van der Waals surface area contributed by atoms with Crippen LogP contribution in [-0.4, -0.2) is 30.5 Å². The fourth-order valence-corrected chi connectivity index (χ4v) is 1.53. The van der Waals surface area contributed by atoms with Gasteiger partial charge >= 0.3 is 0 Å². The Kier molecular flexibility index (Phi) is 5.42. The first kappa shape index (κ1) is 13.4. The smallest absolute Gasteiger partial charge is 0.234 e. The van der Waals surface area contributed by atoms with E-state index in [-0.39, 0.29) is 12.5 Å². The summed E-state index contributed by atoms with van der Waals surface area (Å²) in [5.74, 6) is 0.807. The molecule has 0 saturated heterocycles. The van der Waals surface area contributed by atoms with Crippen molar-refractivity contribution in [3.8, 4) is 0 Å². The van der Waals surface area contributed by atoms with E-state index in [4.69, 9.17) is 5.73 Å². The third kappa shape index (κ3) is 4.03. The number of pyridine rings is 1. The molecule has 1 rings (SSSR count). The molecule has 1 amide bonds. The van der Waals surface area contributed by atoms with E-state index in [9.17, 15) is 4.79 Å². The third-order valence-electron chi connectivity index (χ3n) is 2.57. The van der Waals surface area contributed by atoms with Crippen LogP contribution in [0.1, 0.15) is 19.4 Å². The Morgan fingerprint density at radius 3 is 2.59 bits per heavy atom. The van der Waals surface area contributed by atoms with E-state index < -0.39 is 0 Å². The SMILES string of the molecule is CCN(CC)c1ccc(CNC(=O)CN)cn1. The van der Waals surface area contributed by atoms with Crippen molar-refractivity contribution in [1.29, 1.82) is 0 Å². The fraction of sp³-hybridized carbons (Fsp3) is 0.500. The van der Waals surface area contributed by atoms with E-state index in [1.54, 1.807) is 6.20 Å². The van der Waals surface area contributed by atoms with Gasteiger partial charge in [0.05, 0.1) is 6.54 Å². The molecule has 0 aromatic carbocycles. The predicted octanol–water partition coefficient (Wildman–Crippen LogP) is 0.503. The number of hydrogen-bond donors (Lipinski definition) is 2. The van der Waals surface area contributed by atoms with Gasteiger partial charge in [-0.05, 0) is 25.5 Å². The Bertz CT molecular complexity index is 346. The lowest BCUT2D eigenvalue weighted by atomic mass is 10.2. The molecule has 0 atom stereocenters. The van der Waals surface area contributed by atoms with Gasteiger partial charge in [-0.1, -0.05) is 6.07 Å². The Labute approximate surface area is 102 Å². The summed E-state index contributed by atoms with van der Waals surface area (Å²) in [6.07, 6.45) is 1.78. The summed E-state index contributed by atoms with van der Waals surface area (Å²) in [5.41, 5.74) is 6.18. The quantitative estimate of drug-likeness (QED) is 0.754. The molecule has 5 heteroatoms. The zero-order chi connectivity index (χ0) is 12.7. The first-order valence-electron chi connectivity index (χ1n) is 5.87. The molecule has 0 aliphatic rings. The molecule has 1 aromatic rings. The zero-order valence-corrected chi connectivity index (χ0v) is 10.4. The average molecular weight is 236 g/mol. The van der Waals surface area contributed by atoms with Crippen LogP contribution in [0, 0.1) is 0 Å². The second-order valence-corrected chi connectivity index (χ2v) is 3.68. The molecule has 0 spiro atoms. The topological polar surface area (TPSA) is 71.2 Å². The highest BCUT2D eigenvalue weighted by molar-refractivity contribution is 5.77. The number of nitrogens with one attached hydrogen (secondary N) is 1. The lowest BCUT2D eigenvalue weighted by molar-refractivity contribution is -0.119. The summed E-state index contributed by atoms with van der Waals surface area (Å²) in [5, 5.41) is 2.71. The largest absolute Gasteiger partial charge is 0.357 e. The Balaban J connectivity index is 2.58. The number of rotatable bonds is 6. The number of nitrogens with zero attached hydrogens (tertiary/aromatic N) is 2. The predicted molar refractivity (Wildman–Crippen MR) is 68.7 cm³/mol. The highest BCUT2D eigenvalue weighted by Gasteiger charge is 2.03. The molecular weight excluding hydrogens is 216 g/mol. The van der Waals surface area contributed by atoms with Crippen molar-refractivity contribution >= 4 is 11.7 Å². The Morgan fingerprint density at radius 1 is 1.41 bits per heavy atom. The molecule has 0 aliphatic carbocycles. The lowest BCUT2D eigenvalue weighted by Crippen LogP contribution is -2.29. The van der Waals surface area contributed by atoms with Gasteiger partial charge in [0.2, 0.25) is 5.91 Å². The van der Waals surface area contributed by atoms with E-state index in [1.165, 1.54) is 0 Å². The number of anilines is 1. The molecule has 94 valence electrons. The van der Waals surface area contributed by atoms with Crippen molar-refractivity contribution in [3.05, 3.63) is 23.9 Å². The van der Waals surface area contributed by atoms with Crippen LogP contribution in [0.4, 0.5) is 5.82 Å². The van der Waals surface area contributed by atoms with Crippen LogP contribution in [-0.2, 0) is 11.3 Å². The maximum absolute atomic E-state index is 11.0. The molecule has 1 aromatic heterocycles. The maximum Gasteiger partial charge on any atom is 0.234 e. The second-order valence-electron chi connectivity index (χ2n) is 3.68. The molecule has 0 unspecified atom stereocenters. The molecule has 0 radical (unpaired) electrons. The van der Waals surface area contributed by atoms with Crippen molar-refractivity contribution in [2.45, 2.75) is 20.4 Å². The number of carbonyl (C=O) groups is 1. The van der Waals surface area contributed by atoms with Crippen molar-refractivity contribution < 1.29 is 4.79 Å². The van der Waals surface area contributed by atoms with E-state index >= 15 is 0 Å². The summed E-state index contributed by atoms with van der Waals surface area (Å²) in [4.78, 5) is 17.5. The van der Waals surface area contributed by atoms with Crippen LogP contribution in [0.3, 0.4) is 0 Å². The van der Waals surface area contributed by atoms with E-state index in [1.807, 2.05) is 12.1 Å². The standard InChI is InChI=1S/C12H20N4O/c1-3-16(4-2)11-6-5-10(8-14-11)9-15-12(17)7-13/h5-6,8H,3-4,7,9,13H2,1-2H3,(H,15,17). The van der Waals surface area contributed by atoms with Gasteiger partial charge in [0.15, 0.2) is 0 Å². The van der Waals surface area contributed by atoms with Gasteiger partial charge in [-0.3, -0.25) is 4.79 Å². The molecule has 5 nitrogen and oxygen atoms in total. The molecular formula is C12H20N4O. The van der Waals surface area contributed by atoms with Gasteiger partial charge < -0.3 is 16.0 Å². The average Bonchev–Trinajstić information content (AvgIpc) is 2.38. The van der Waals surface area contributed by atoms with Crippen LogP contribution in [0.15, 0.2) is 18.3 Å².